The zero-order valence-electron chi connectivity index (χ0n) is 21.0. The fraction of sp³-hybridized carbons (Fsp3) is 0.273. The van der Waals surface area contributed by atoms with Crippen LogP contribution in [0.1, 0.15) is 46.1 Å². The molecular weight excluding hydrogens is 443 g/mol. The molecule has 0 nitrogen and oxygen atoms in total. The monoisotopic (exact) mass is 474 g/mol. The van der Waals surface area contributed by atoms with Gasteiger partial charge < -0.3 is 0 Å². The first-order valence-electron chi connectivity index (χ1n) is 12.9. The van der Waals surface area contributed by atoms with Crippen molar-refractivity contribution in [2.45, 2.75) is 57.2 Å². The van der Waals surface area contributed by atoms with Crippen LogP contribution in [-0.2, 0) is 0 Å². The highest BCUT2D eigenvalue weighted by Crippen LogP contribution is 2.54. The Balaban J connectivity index is 1.50. The minimum atomic E-state index is -1.81. The lowest BCUT2D eigenvalue weighted by molar-refractivity contribution is 0.636. The van der Waals surface area contributed by atoms with Crippen molar-refractivity contribution in [1.29, 1.82) is 0 Å². The molecule has 0 aromatic heterocycles. The summed E-state index contributed by atoms with van der Waals surface area (Å²) in [5.74, 6) is 3.19. The summed E-state index contributed by atoms with van der Waals surface area (Å²) in [6.07, 6.45) is 2.60. The number of benzene rings is 5. The zero-order valence-corrected chi connectivity index (χ0v) is 22.0. The lowest BCUT2D eigenvalue weighted by Gasteiger charge is -2.34. The fourth-order valence-electron chi connectivity index (χ4n) is 6.31. The van der Waals surface area contributed by atoms with Gasteiger partial charge >= 0.3 is 0 Å². The van der Waals surface area contributed by atoms with Gasteiger partial charge in [0, 0.05) is 5.39 Å². The Bertz CT molecular complexity index is 1660. The van der Waals surface area contributed by atoms with Crippen LogP contribution in [0.5, 0.6) is 0 Å². The topological polar surface area (TPSA) is 0 Å². The normalized spacial score (nSPS) is 14.4. The summed E-state index contributed by atoms with van der Waals surface area (Å²) in [6, 6.07) is 25.4. The quantitative estimate of drug-likeness (QED) is 0.139. The van der Waals surface area contributed by atoms with Gasteiger partial charge in [0.15, 0.2) is 0 Å². The molecule has 0 saturated heterocycles. The molecule has 1 aliphatic carbocycles. The number of halogens is 1. The Morgan fingerprint density at radius 1 is 0.686 bits per heavy atom. The average Bonchev–Trinajstić information content (AvgIpc) is 3.67. The van der Waals surface area contributed by atoms with E-state index in [2.05, 4.69) is 93.8 Å². The molecule has 0 unspecified atom stereocenters. The molecule has 0 spiro atoms. The molecular formula is C33H31FSi. The molecule has 1 saturated carbocycles. The fourth-order valence-corrected chi connectivity index (χ4v) is 11.8. The van der Waals surface area contributed by atoms with Crippen molar-refractivity contribution in [3.05, 3.63) is 84.2 Å². The van der Waals surface area contributed by atoms with Crippen LogP contribution in [0.25, 0.3) is 43.1 Å². The van der Waals surface area contributed by atoms with Gasteiger partial charge in [0.2, 0.25) is 0 Å². The number of fused-ring (bicyclic) bond motifs is 4. The van der Waals surface area contributed by atoms with Crippen molar-refractivity contribution < 1.29 is 4.39 Å². The maximum absolute atomic E-state index is 15.8. The van der Waals surface area contributed by atoms with Gasteiger partial charge in [0.25, 0.3) is 0 Å². The zero-order chi connectivity index (χ0) is 24.3. The van der Waals surface area contributed by atoms with Crippen LogP contribution in [0.3, 0.4) is 0 Å². The number of rotatable bonds is 3. The van der Waals surface area contributed by atoms with Gasteiger partial charge in [0.05, 0.1) is 5.56 Å². The predicted molar refractivity (Wildman–Crippen MR) is 152 cm³/mol. The molecule has 0 N–H and O–H groups in total. The molecule has 0 aliphatic heterocycles. The van der Waals surface area contributed by atoms with E-state index < -0.39 is 8.07 Å². The molecule has 0 radical (unpaired) electrons. The second-order valence-electron chi connectivity index (χ2n) is 11.0. The van der Waals surface area contributed by atoms with Crippen molar-refractivity contribution >= 4 is 51.2 Å². The van der Waals surface area contributed by atoms with E-state index in [4.69, 9.17) is 0 Å². The highest BCUT2D eigenvalue weighted by molar-refractivity contribution is 6.91. The summed E-state index contributed by atoms with van der Waals surface area (Å²) in [4.78, 5) is 0. The van der Waals surface area contributed by atoms with E-state index in [0.29, 0.717) is 22.0 Å². The first-order valence-corrected chi connectivity index (χ1v) is 15.1. The molecule has 0 atom stereocenters. The summed E-state index contributed by atoms with van der Waals surface area (Å²) in [5, 5.41) is 8.65. The third-order valence-corrected chi connectivity index (χ3v) is 14.6. The highest BCUT2D eigenvalue weighted by Gasteiger charge is 2.50. The second-order valence-corrected chi connectivity index (χ2v) is 16.3. The Morgan fingerprint density at radius 2 is 1.20 bits per heavy atom. The summed E-state index contributed by atoms with van der Waals surface area (Å²) in [5.41, 5.74) is 6.22. The minimum Gasteiger partial charge on any atom is -0.205 e. The van der Waals surface area contributed by atoms with E-state index in [1.54, 1.807) is 0 Å². The van der Waals surface area contributed by atoms with Crippen molar-refractivity contribution in [2.24, 2.45) is 0 Å². The molecule has 5 aromatic rings. The van der Waals surface area contributed by atoms with E-state index in [1.807, 2.05) is 18.2 Å². The van der Waals surface area contributed by atoms with Crippen LogP contribution in [0, 0.1) is 17.3 Å². The summed E-state index contributed by atoms with van der Waals surface area (Å²) in [7, 11) is -1.81. The maximum Gasteiger partial charge on any atom is 0.147 e. The highest BCUT2D eigenvalue weighted by atomic mass is 28.3. The molecule has 1 fully saturated rings. The van der Waals surface area contributed by atoms with Crippen LogP contribution in [0.4, 0.5) is 4.39 Å². The van der Waals surface area contributed by atoms with Gasteiger partial charge in [0.1, 0.15) is 13.9 Å². The number of hydrogen-bond acceptors (Lipinski definition) is 0. The molecule has 0 heterocycles. The Kier molecular flexibility index (Phi) is 5.24. The van der Waals surface area contributed by atoms with E-state index in [0.717, 1.165) is 21.7 Å². The second kappa shape index (κ2) is 8.21. The van der Waals surface area contributed by atoms with Crippen LogP contribution < -0.4 is 0 Å². The molecule has 5 aromatic carbocycles. The first-order chi connectivity index (χ1) is 16.9. The average molecular weight is 475 g/mol. The van der Waals surface area contributed by atoms with Crippen molar-refractivity contribution in [2.75, 3.05) is 0 Å². The molecule has 0 amide bonds. The Hall–Kier alpha value is -3.15. The molecule has 6 rings (SSSR count). The van der Waals surface area contributed by atoms with Gasteiger partial charge in [-0.25, -0.2) is 4.39 Å². The molecule has 0 bridgehead atoms. The molecule has 35 heavy (non-hydrogen) atoms. The lowest BCUT2D eigenvalue weighted by atomic mass is 9.96. The Morgan fingerprint density at radius 3 is 1.74 bits per heavy atom. The van der Waals surface area contributed by atoms with Gasteiger partial charge in [-0.15, -0.1) is 5.54 Å². The third-order valence-electron chi connectivity index (χ3n) is 8.31. The largest absolute Gasteiger partial charge is 0.205 e. The smallest absolute Gasteiger partial charge is 0.147 e. The minimum absolute atomic E-state index is 0.179. The first kappa shape index (κ1) is 22.3. The van der Waals surface area contributed by atoms with Gasteiger partial charge in [-0.05, 0) is 96.8 Å². The van der Waals surface area contributed by atoms with E-state index in [-0.39, 0.29) is 5.82 Å². The maximum atomic E-state index is 15.8. The van der Waals surface area contributed by atoms with Gasteiger partial charge in [-0.2, -0.15) is 0 Å². The summed E-state index contributed by atoms with van der Waals surface area (Å²) in [6.45, 7) is 9.32. The number of hydrogen-bond donors (Lipinski definition) is 0. The third kappa shape index (κ3) is 3.65. The van der Waals surface area contributed by atoms with Crippen molar-refractivity contribution in [3.63, 3.8) is 0 Å². The standard InChI is InChI=1S/C33H31FSi/c1-21(2)35(22(3)4,31-11-12-31)14-13-23-9-10-26-17-29-18-27-15-24-7-5-6-8-25(24)16-28(27)19-30(29)20-32(26)33(23)34/h5-10,15-22,31H,11-12H2,1-4H3. The molecule has 1 aliphatic rings. The van der Waals surface area contributed by atoms with Gasteiger partial charge in [-0.3, -0.25) is 0 Å². The van der Waals surface area contributed by atoms with E-state index in [9.17, 15) is 0 Å². The van der Waals surface area contributed by atoms with Crippen LogP contribution >= 0.6 is 0 Å². The predicted octanol–water partition coefficient (Wildman–Crippen LogP) is 9.76. The van der Waals surface area contributed by atoms with Crippen molar-refractivity contribution in [1.82, 2.24) is 0 Å². The van der Waals surface area contributed by atoms with E-state index >= 15 is 4.39 Å². The van der Waals surface area contributed by atoms with Crippen LogP contribution in [-0.4, -0.2) is 8.07 Å². The molecule has 2 heteroatoms. The molecule has 174 valence electrons. The van der Waals surface area contributed by atoms with Crippen LogP contribution in [0.15, 0.2) is 72.8 Å². The van der Waals surface area contributed by atoms with Gasteiger partial charge in [-0.1, -0.05) is 76.8 Å². The summed E-state index contributed by atoms with van der Waals surface area (Å²) < 4.78 is 15.8. The lowest BCUT2D eigenvalue weighted by Crippen LogP contribution is -2.40. The van der Waals surface area contributed by atoms with Crippen LogP contribution in [0.2, 0.25) is 16.6 Å². The summed E-state index contributed by atoms with van der Waals surface area (Å²) >= 11 is 0. The SMILES string of the molecule is CC(C)[Si](C#Cc1ccc2cc3cc4cc5ccccc5cc4cc3cc2c1F)(C(C)C)C1CC1. The van der Waals surface area contributed by atoms with E-state index in [1.165, 1.54) is 34.4 Å². The Labute approximate surface area is 208 Å². The van der Waals surface area contributed by atoms with Crippen molar-refractivity contribution in [3.8, 4) is 11.5 Å².